The van der Waals surface area contributed by atoms with Gasteiger partial charge in [0.15, 0.2) is 0 Å². The van der Waals surface area contributed by atoms with Crippen LogP contribution in [0, 0.1) is 5.82 Å². The van der Waals surface area contributed by atoms with Gasteiger partial charge in [-0.15, -0.1) is 10.2 Å². The molecule has 1 aliphatic rings. The smallest absolute Gasteiger partial charge is 0.208 e. The summed E-state index contributed by atoms with van der Waals surface area (Å²) < 4.78 is 12.9. The first kappa shape index (κ1) is 14.4. The van der Waals surface area contributed by atoms with E-state index in [1.807, 2.05) is 0 Å². The highest BCUT2D eigenvalue weighted by atomic mass is 32.1. The molecule has 0 saturated carbocycles. The summed E-state index contributed by atoms with van der Waals surface area (Å²) in [6, 6.07) is 7.16. The summed E-state index contributed by atoms with van der Waals surface area (Å²) in [5.74, 6) is -0.205. The van der Waals surface area contributed by atoms with Crippen LogP contribution in [-0.4, -0.2) is 48.3 Å². The Labute approximate surface area is 128 Å². The van der Waals surface area contributed by atoms with Gasteiger partial charge in [0.05, 0.1) is 0 Å². The van der Waals surface area contributed by atoms with E-state index in [0.29, 0.717) is 12.5 Å². The van der Waals surface area contributed by atoms with Crippen molar-refractivity contribution in [3.8, 4) is 0 Å². The van der Waals surface area contributed by atoms with Gasteiger partial charge in [-0.3, -0.25) is 0 Å². The van der Waals surface area contributed by atoms with Crippen molar-refractivity contribution in [2.45, 2.75) is 18.9 Å². The van der Waals surface area contributed by atoms with E-state index in [0.717, 1.165) is 28.8 Å². The Balaban J connectivity index is 1.65. The fourth-order valence-electron chi connectivity index (χ4n) is 2.56. The fourth-order valence-corrected chi connectivity index (χ4v) is 3.47. The van der Waals surface area contributed by atoms with Crippen molar-refractivity contribution in [1.29, 1.82) is 0 Å². The van der Waals surface area contributed by atoms with Gasteiger partial charge in [0, 0.05) is 25.6 Å². The largest absolute Gasteiger partial charge is 0.345 e. The van der Waals surface area contributed by atoms with E-state index in [9.17, 15) is 4.39 Å². The third kappa shape index (κ3) is 3.39. The first-order valence-corrected chi connectivity index (χ1v) is 7.91. The van der Waals surface area contributed by atoms with E-state index in [2.05, 4.69) is 34.1 Å². The molecule has 0 spiro atoms. The number of hydrogen-bond acceptors (Lipinski definition) is 5. The van der Waals surface area contributed by atoms with Crippen LogP contribution in [0.25, 0.3) is 0 Å². The minimum absolute atomic E-state index is 0.205. The molecule has 0 aliphatic carbocycles. The van der Waals surface area contributed by atoms with Crippen LogP contribution in [0.1, 0.15) is 17.0 Å². The predicted octanol–water partition coefficient (Wildman–Crippen LogP) is 2.41. The first-order chi connectivity index (χ1) is 10.1. The van der Waals surface area contributed by atoms with Gasteiger partial charge >= 0.3 is 0 Å². The normalized spacial score (nSPS) is 18.7. The number of benzene rings is 1. The maximum atomic E-state index is 12.9. The zero-order valence-electron chi connectivity index (χ0n) is 12.3. The van der Waals surface area contributed by atoms with Gasteiger partial charge in [-0.1, -0.05) is 23.5 Å². The Morgan fingerprint density at radius 2 is 2.05 bits per heavy atom. The minimum atomic E-state index is -0.205. The second-order valence-electron chi connectivity index (χ2n) is 5.63. The standard InChI is InChI=1S/C15H19FN4S/c1-19(2)13-7-8-20(10-13)15-18-17-14(21-15)9-11-3-5-12(16)6-4-11/h3-6,13H,7-10H2,1-2H3. The van der Waals surface area contributed by atoms with E-state index in [1.165, 1.54) is 18.6 Å². The Hall–Kier alpha value is -1.53. The van der Waals surface area contributed by atoms with Crippen LogP contribution in [0.2, 0.25) is 0 Å². The number of nitrogens with zero attached hydrogens (tertiary/aromatic N) is 4. The molecule has 1 unspecified atom stereocenters. The van der Waals surface area contributed by atoms with Crippen molar-refractivity contribution in [3.05, 3.63) is 40.7 Å². The summed E-state index contributed by atoms with van der Waals surface area (Å²) in [6.07, 6.45) is 1.88. The molecule has 3 rings (SSSR count). The second kappa shape index (κ2) is 6.07. The van der Waals surface area contributed by atoms with Gasteiger partial charge in [0.25, 0.3) is 0 Å². The third-order valence-electron chi connectivity index (χ3n) is 3.89. The molecule has 4 nitrogen and oxygen atoms in total. The topological polar surface area (TPSA) is 32.3 Å². The maximum Gasteiger partial charge on any atom is 0.208 e. The van der Waals surface area contributed by atoms with Gasteiger partial charge in [0.1, 0.15) is 10.8 Å². The highest BCUT2D eigenvalue weighted by molar-refractivity contribution is 7.15. The molecule has 6 heteroatoms. The molecule has 0 bridgehead atoms. The first-order valence-electron chi connectivity index (χ1n) is 7.10. The van der Waals surface area contributed by atoms with Crippen LogP contribution in [0.3, 0.4) is 0 Å². The number of hydrogen-bond donors (Lipinski definition) is 0. The van der Waals surface area contributed by atoms with Crippen molar-refractivity contribution < 1.29 is 4.39 Å². The van der Waals surface area contributed by atoms with Crippen LogP contribution in [0.5, 0.6) is 0 Å². The molecule has 1 atom stereocenters. The molecule has 0 radical (unpaired) electrons. The van der Waals surface area contributed by atoms with Crippen LogP contribution in [-0.2, 0) is 6.42 Å². The Morgan fingerprint density at radius 1 is 1.29 bits per heavy atom. The monoisotopic (exact) mass is 306 g/mol. The van der Waals surface area contributed by atoms with Crippen molar-refractivity contribution in [1.82, 2.24) is 15.1 Å². The number of halogens is 1. The number of rotatable bonds is 4. The molecule has 1 aromatic carbocycles. The molecule has 0 N–H and O–H groups in total. The van der Waals surface area contributed by atoms with Gasteiger partial charge in [0.2, 0.25) is 5.13 Å². The van der Waals surface area contributed by atoms with Crippen molar-refractivity contribution >= 4 is 16.5 Å². The van der Waals surface area contributed by atoms with E-state index >= 15 is 0 Å². The molecule has 1 fully saturated rings. The lowest BCUT2D eigenvalue weighted by Gasteiger charge is -2.19. The van der Waals surface area contributed by atoms with Crippen LogP contribution in [0.4, 0.5) is 9.52 Å². The molecule has 2 heterocycles. The molecule has 1 saturated heterocycles. The SMILES string of the molecule is CN(C)C1CCN(c2nnc(Cc3ccc(F)cc3)s2)C1. The molecular weight excluding hydrogens is 287 g/mol. The predicted molar refractivity (Wildman–Crippen MR) is 83.4 cm³/mol. The molecule has 2 aromatic rings. The summed E-state index contributed by atoms with van der Waals surface area (Å²) in [4.78, 5) is 4.57. The van der Waals surface area contributed by atoms with Gasteiger partial charge in [-0.05, 0) is 38.2 Å². The summed E-state index contributed by atoms with van der Waals surface area (Å²) in [5, 5.41) is 10.5. The van der Waals surface area contributed by atoms with E-state index in [4.69, 9.17) is 0 Å². The van der Waals surface area contributed by atoms with Crippen molar-refractivity contribution in [3.63, 3.8) is 0 Å². The fraction of sp³-hybridized carbons (Fsp3) is 0.467. The summed E-state index contributed by atoms with van der Waals surface area (Å²) in [5.41, 5.74) is 1.06. The quantitative estimate of drug-likeness (QED) is 0.868. The summed E-state index contributed by atoms with van der Waals surface area (Å²) >= 11 is 1.63. The lowest BCUT2D eigenvalue weighted by Crippen LogP contribution is -2.31. The van der Waals surface area contributed by atoms with Crippen molar-refractivity contribution in [2.24, 2.45) is 0 Å². The van der Waals surface area contributed by atoms with Crippen LogP contribution >= 0.6 is 11.3 Å². The average molecular weight is 306 g/mol. The third-order valence-corrected chi connectivity index (χ3v) is 4.87. The summed E-state index contributed by atoms with van der Waals surface area (Å²) in [7, 11) is 4.24. The Morgan fingerprint density at radius 3 is 2.71 bits per heavy atom. The second-order valence-corrected chi connectivity index (χ2v) is 6.67. The number of aromatic nitrogens is 2. The molecule has 21 heavy (non-hydrogen) atoms. The average Bonchev–Trinajstić information content (AvgIpc) is 3.10. The zero-order chi connectivity index (χ0) is 14.8. The Bertz CT molecular complexity index is 596. The van der Waals surface area contributed by atoms with E-state index < -0.39 is 0 Å². The minimum Gasteiger partial charge on any atom is -0.345 e. The zero-order valence-corrected chi connectivity index (χ0v) is 13.1. The van der Waals surface area contributed by atoms with Gasteiger partial charge < -0.3 is 9.80 Å². The molecule has 0 amide bonds. The molecule has 1 aliphatic heterocycles. The lowest BCUT2D eigenvalue weighted by atomic mass is 10.2. The van der Waals surface area contributed by atoms with Crippen LogP contribution in [0.15, 0.2) is 24.3 Å². The highest BCUT2D eigenvalue weighted by Crippen LogP contribution is 2.26. The molecule has 112 valence electrons. The lowest BCUT2D eigenvalue weighted by molar-refractivity contribution is 0.315. The van der Waals surface area contributed by atoms with Gasteiger partial charge in [-0.25, -0.2) is 4.39 Å². The maximum absolute atomic E-state index is 12.9. The summed E-state index contributed by atoms with van der Waals surface area (Å²) in [6.45, 7) is 2.05. The van der Waals surface area contributed by atoms with Crippen LogP contribution < -0.4 is 4.90 Å². The number of anilines is 1. The highest BCUT2D eigenvalue weighted by Gasteiger charge is 2.26. The molecular formula is C15H19FN4S. The van der Waals surface area contributed by atoms with Gasteiger partial charge in [-0.2, -0.15) is 0 Å². The molecule has 1 aromatic heterocycles. The van der Waals surface area contributed by atoms with E-state index in [-0.39, 0.29) is 5.82 Å². The Kier molecular flexibility index (Phi) is 4.17. The van der Waals surface area contributed by atoms with Crippen molar-refractivity contribution in [2.75, 3.05) is 32.1 Å². The van der Waals surface area contributed by atoms with E-state index in [1.54, 1.807) is 23.5 Å². The number of likely N-dealkylation sites (N-methyl/N-ethyl adjacent to an activating group) is 1.